The van der Waals surface area contributed by atoms with Gasteiger partial charge in [0.05, 0.1) is 23.8 Å². The summed E-state index contributed by atoms with van der Waals surface area (Å²) in [6.07, 6.45) is 2.17. The molecule has 0 bridgehead atoms. The van der Waals surface area contributed by atoms with E-state index in [1.54, 1.807) is 0 Å². The third-order valence-electron chi connectivity index (χ3n) is 4.36. The van der Waals surface area contributed by atoms with Crippen LogP contribution in [-0.4, -0.2) is 28.3 Å². The minimum atomic E-state index is -1.02. The highest BCUT2D eigenvalue weighted by Crippen LogP contribution is 2.45. The third kappa shape index (κ3) is 2.06. The molecule has 1 saturated carbocycles. The van der Waals surface area contributed by atoms with Gasteiger partial charge in [0.25, 0.3) is 0 Å². The van der Waals surface area contributed by atoms with Gasteiger partial charge in [-0.25, -0.2) is 9.78 Å². The normalized spacial score (nSPS) is 34.7. The zero-order chi connectivity index (χ0) is 13.7. The van der Waals surface area contributed by atoms with Crippen LogP contribution in [0.15, 0.2) is 4.42 Å². The molecule has 4 unspecified atom stereocenters. The van der Waals surface area contributed by atoms with E-state index in [4.69, 9.17) is 9.15 Å². The Bertz CT molecular complexity index is 506. The third-order valence-corrected chi connectivity index (χ3v) is 4.36. The van der Waals surface area contributed by atoms with E-state index in [1.165, 1.54) is 0 Å². The van der Waals surface area contributed by atoms with Crippen LogP contribution in [-0.2, 0) is 4.74 Å². The largest absolute Gasteiger partial charge is 0.475 e. The predicted molar refractivity (Wildman–Crippen MR) is 67.4 cm³/mol. The first-order valence-electron chi connectivity index (χ1n) is 6.88. The van der Waals surface area contributed by atoms with Crippen LogP contribution in [0.3, 0.4) is 0 Å². The molecular formula is C14H19NO4. The molecule has 4 atom stereocenters. The lowest BCUT2D eigenvalue weighted by molar-refractivity contribution is 0.0539. The van der Waals surface area contributed by atoms with Crippen molar-refractivity contribution in [3.8, 4) is 0 Å². The highest BCUT2D eigenvalue weighted by atomic mass is 16.5. The van der Waals surface area contributed by atoms with Crippen LogP contribution in [0.4, 0.5) is 0 Å². The van der Waals surface area contributed by atoms with Crippen molar-refractivity contribution in [1.29, 1.82) is 0 Å². The molecule has 2 heterocycles. The molecule has 1 aromatic heterocycles. The number of aromatic nitrogens is 1. The van der Waals surface area contributed by atoms with Gasteiger partial charge in [0, 0.05) is 5.92 Å². The molecule has 1 aromatic rings. The van der Waals surface area contributed by atoms with Gasteiger partial charge in [0.15, 0.2) is 0 Å². The summed E-state index contributed by atoms with van der Waals surface area (Å²) in [7, 11) is 0. The van der Waals surface area contributed by atoms with Crippen LogP contribution in [0.2, 0.25) is 0 Å². The Kier molecular flexibility index (Phi) is 2.89. The number of nitrogens with zero attached hydrogens (tertiary/aromatic N) is 1. The summed E-state index contributed by atoms with van der Waals surface area (Å²) >= 11 is 0. The Morgan fingerprint density at radius 2 is 1.95 bits per heavy atom. The molecular weight excluding hydrogens is 246 g/mol. The van der Waals surface area contributed by atoms with Gasteiger partial charge >= 0.3 is 5.97 Å². The quantitative estimate of drug-likeness (QED) is 0.909. The molecule has 2 aliphatic rings. The molecule has 104 valence electrons. The van der Waals surface area contributed by atoms with Crippen molar-refractivity contribution < 1.29 is 19.1 Å². The van der Waals surface area contributed by atoms with Crippen LogP contribution in [0.1, 0.15) is 67.6 Å². The maximum atomic E-state index is 11.2. The Balaban J connectivity index is 1.97. The number of oxazole rings is 1. The highest BCUT2D eigenvalue weighted by Gasteiger charge is 2.43. The molecule has 1 aliphatic carbocycles. The minimum Gasteiger partial charge on any atom is -0.475 e. The van der Waals surface area contributed by atoms with E-state index < -0.39 is 5.97 Å². The number of hydrogen-bond donors (Lipinski definition) is 1. The van der Waals surface area contributed by atoms with Crippen molar-refractivity contribution in [2.75, 3.05) is 0 Å². The number of aromatic carboxylic acids is 1. The molecule has 0 aromatic carbocycles. The fourth-order valence-electron chi connectivity index (χ4n) is 2.97. The molecule has 0 spiro atoms. The lowest BCUT2D eigenvalue weighted by atomic mass is 9.89. The van der Waals surface area contributed by atoms with Gasteiger partial charge < -0.3 is 14.3 Å². The van der Waals surface area contributed by atoms with Gasteiger partial charge in [0.1, 0.15) is 0 Å². The SMILES string of the molecule is CC1OC(C)C(c2nc(C3CC3)c(C(=O)O)o2)C1C. The van der Waals surface area contributed by atoms with Crippen molar-refractivity contribution in [3.05, 3.63) is 17.3 Å². The van der Waals surface area contributed by atoms with Gasteiger partial charge in [-0.15, -0.1) is 0 Å². The number of rotatable bonds is 3. The second-order valence-electron chi connectivity index (χ2n) is 5.78. The Morgan fingerprint density at radius 1 is 1.26 bits per heavy atom. The summed E-state index contributed by atoms with van der Waals surface area (Å²) < 4.78 is 11.3. The van der Waals surface area contributed by atoms with Crippen LogP contribution in [0.25, 0.3) is 0 Å². The number of carboxylic acid groups (broad SMARTS) is 1. The smallest absolute Gasteiger partial charge is 0.373 e. The summed E-state index contributed by atoms with van der Waals surface area (Å²) in [5.41, 5.74) is 0.626. The van der Waals surface area contributed by atoms with Crippen LogP contribution >= 0.6 is 0 Å². The first-order valence-corrected chi connectivity index (χ1v) is 6.88. The number of ether oxygens (including phenoxy) is 1. The summed E-state index contributed by atoms with van der Waals surface area (Å²) in [4.78, 5) is 15.7. The van der Waals surface area contributed by atoms with E-state index in [0.29, 0.717) is 11.6 Å². The van der Waals surface area contributed by atoms with Gasteiger partial charge in [-0.05, 0) is 32.6 Å². The van der Waals surface area contributed by atoms with Crippen LogP contribution < -0.4 is 0 Å². The monoisotopic (exact) mass is 265 g/mol. The summed E-state index contributed by atoms with van der Waals surface area (Å²) in [5, 5.41) is 9.22. The van der Waals surface area contributed by atoms with Crippen molar-refractivity contribution in [2.24, 2.45) is 5.92 Å². The second-order valence-corrected chi connectivity index (χ2v) is 5.78. The van der Waals surface area contributed by atoms with E-state index >= 15 is 0 Å². The lowest BCUT2D eigenvalue weighted by Gasteiger charge is -2.13. The maximum Gasteiger partial charge on any atom is 0.373 e. The zero-order valence-electron chi connectivity index (χ0n) is 11.4. The standard InChI is InChI=1S/C14H19NO4/c1-6-7(2)18-8(3)10(6)13-15-11(9-4-5-9)12(19-13)14(16)17/h6-10H,4-5H2,1-3H3,(H,16,17). The molecule has 3 rings (SSSR count). The summed E-state index contributed by atoms with van der Waals surface area (Å²) in [6.45, 7) is 6.12. The molecule has 19 heavy (non-hydrogen) atoms. The van der Waals surface area contributed by atoms with E-state index in [1.807, 2.05) is 13.8 Å². The summed E-state index contributed by atoms with van der Waals surface area (Å²) in [5.74, 6) is 0.130. The number of hydrogen-bond acceptors (Lipinski definition) is 4. The van der Waals surface area contributed by atoms with E-state index in [2.05, 4.69) is 11.9 Å². The maximum absolute atomic E-state index is 11.2. The Morgan fingerprint density at radius 3 is 2.42 bits per heavy atom. The van der Waals surface area contributed by atoms with Crippen molar-refractivity contribution in [1.82, 2.24) is 4.98 Å². The fourth-order valence-corrected chi connectivity index (χ4v) is 2.97. The van der Waals surface area contributed by atoms with Gasteiger partial charge in [0.2, 0.25) is 11.7 Å². The Labute approximate surface area is 112 Å². The number of carbonyl (C=O) groups is 1. The molecule has 1 saturated heterocycles. The average Bonchev–Trinajstić information content (AvgIpc) is 3.03. The molecule has 0 radical (unpaired) electrons. The number of carboxylic acids is 1. The van der Waals surface area contributed by atoms with Crippen LogP contribution in [0.5, 0.6) is 0 Å². The first-order chi connectivity index (χ1) is 8.99. The lowest BCUT2D eigenvalue weighted by Crippen LogP contribution is -2.15. The van der Waals surface area contributed by atoms with E-state index in [0.717, 1.165) is 12.8 Å². The second kappa shape index (κ2) is 4.34. The van der Waals surface area contributed by atoms with Gasteiger partial charge in [-0.3, -0.25) is 0 Å². The zero-order valence-corrected chi connectivity index (χ0v) is 11.4. The molecule has 5 heteroatoms. The molecule has 0 amide bonds. The van der Waals surface area contributed by atoms with Crippen molar-refractivity contribution in [3.63, 3.8) is 0 Å². The van der Waals surface area contributed by atoms with Gasteiger partial charge in [-0.2, -0.15) is 0 Å². The fraction of sp³-hybridized carbons (Fsp3) is 0.714. The first kappa shape index (κ1) is 12.7. The van der Waals surface area contributed by atoms with Crippen molar-refractivity contribution >= 4 is 5.97 Å². The van der Waals surface area contributed by atoms with Gasteiger partial charge in [-0.1, -0.05) is 6.92 Å². The van der Waals surface area contributed by atoms with Crippen LogP contribution in [0, 0.1) is 5.92 Å². The molecule has 1 aliphatic heterocycles. The topological polar surface area (TPSA) is 72.6 Å². The summed E-state index contributed by atoms with van der Waals surface area (Å²) in [6, 6.07) is 0. The molecule has 5 nitrogen and oxygen atoms in total. The van der Waals surface area contributed by atoms with E-state index in [-0.39, 0.29) is 35.7 Å². The van der Waals surface area contributed by atoms with E-state index in [9.17, 15) is 9.90 Å². The Hall–Kier alpha value is -1.36. The average molecular weight is 265 g/mol. The predicted octanol–water partition coefficient (Wildman–Crippen LogP) is 2.78. The molecule has 1 N–H and O–H groups in total. The highest BCUT2D eigenvalue weighted by molar-refractivity contribution is 5.86. The minimum absolute atomic E-state index is 0.0114. The molecule has 2 fully saturated rings. The van der Waals surface area contributed by atoms with Crippen molar-refractivity contribution in [2.45, 2.75) is 57.7 Å².